The third kappa shape index (κ3) is 3.77. The molecule has 3 aromatic rings. The summed E-state index contributed by atoms with van der Waals surface area (Å²) in [4.78, 5) is 7.01. The zero-order chi connectivity index (χ0) is 19.7. The van der Waals surface area contributed by atoms with Gasteiger partial charge in [-0.25, -0.2) is 9.67 Å². The molecule has 0 atom stereocenters. The zero-order valence-electron chi connectivity index (χ0n) is 16.8. The normalized spacial score (nSPS) is 15.1. The summed E-state index contributed by atoms with van der Waals surface area (Å²) in [6.45, 7) is 11.7. The van der Waals surface area contributed by atoms with Crippen LogP contribution in [0.5, 0.6) is 11.6 Å². The van der Waals surface area contributed by atoms with E-state index in [1.165, 1.54) is 0 Å². The largest absolute Gasteiger partial charge is 0.494 e. The molecule has 0 N–H and O–H groups in total. The fraction of sp³-hybridized carbons (Fsp3) is 0.500. The Morgan fingerprint density at radius 1 is 1.21 bits per heavy atom. The highest BCUT2D eigenvalue weighted by Gasteiger charge is 2.23. The highest BCUT2D eigenvalue weighted by molar-refractivity contribution is 5.81. The number of fused-ring (bicyclic) bond motifs is 2. The van der Waals surface area contributed by atoms with Gasteiger partial charge >= 0.3 is 0 Å². The van der Waals surface area contributed by atoms with E-state index in [0.717, 1.165) is 41.1 Å². The van der Waals surface area contributed by atoms with Gasteiger partial charge in [-0.15, -0.1) is 5.10 Å². The van der Waals surface area contributed by atoms with E-state index in [0.29, 0.717) is 25.6 Å². The second-order valence-corrected chi connectivity index (χ2v) is 7.98. The Balaban J connectivity index is 1.61. The van der Waals surface area contributed by atoms with Gasteiger partial charge in [0.2, 0.25) is 5.88 Å². The van der Waals surface area contributed by atoms with Crippen LogP contribution in [-0.2, 0) is 18.6 Å². The summed E-state index contributed by atoms with van der Waals surface area (Å²) in [7, 11) is 0. The number of tetrazole rings is 1. The minimum atomic E-state index is -0.160. The lowest BCUT2D eigenvalue weighted by atomic mass is 10.1. The number of hydrogen-bond acceptors (Lipinski definition) is 7. The van der Waals surface area contributed by atoms with Crippen LogP contribution in [0.25, 0.3) is 10.9 Å². The minimum Gasteiger partial charge on any atom is -0.494 e. The van der Waals surface area contributed by atoms with Crippen LogP contribution in [0.1, 0.15) is 39.1 Å². The summed E-state index contributed by atoms with van der Waals surface area (Å²) >= 11 is 0. The third-order valence-electron chi connectivity index (χ3n) is 4.71. The number of nitrogens with zero attached hydrogens (tertiary/aromatic N) is 6. The maximum atomic E-state index is 5.94. The third-order valence-corrected chi connectivity index (χ3v) is 4.71. The topological polar surface area (TPSA) is 78.2 Å². The van der Waals surface area contributed by atoms with Crippen molar-refractivity contribution in [1.29, 1.82) is 0 Å². The number of ether oxygens (including phenoxy) is 2. The molecule has 8 nitrogen and oxygen atoms in total. The zero-order valence-corrected chi connectivity index (χ0v) is 16.8. The van der Waals surface area contributed by atoms with Gasteiger partial charge in [0.1, 0.15) is 12.4 Å². The Bertz CT molecular complexity index is 978. The van der Waals surface area contributed by atoms with Crippen LogP contribution < -0.4 is 9.47 Å². The van der Waals surface area contributed by atoms with Crippen LogP contribution in [-0.4, -0.2) is 49.8 Å². The van der Waals surface area contributed by atoms with Crippen molar-refractivity contribution in [3.05, 3.63) is 35.7 Å². The van der Waals surface area contributed by atoms with Crippen molar-refractivity contribution in [2.24, 2.45) is 0 Å². The average molecular weight is 382 g/mol. The van der Waals surface area contributed by atoms with Gasteiger partial charge < -0.3 is 9.47 Å². The van der Waals surface area contributed by atoms with Crippen LogP contribution in [0.2, 0.25) is 0 Å². The standard InChI is InChI=1S/C20H26N6O2/c1-5-27-16-6-7-17-14(11-16)10-15-12-25(8-9-28-19(15)21-17)13-18-22-23-24-26(18)20(2,3)4/h6-7,10-11H,5,8-9,12-13H2,1-4H3. The van der Waals surface area contributed by atoms with Crippen molar-refractivity contribution in [3.8, 4) is 11.6 Å². The fourth-order valence-electron chi connectivity index (χ4n) is 3.43. The molecule has 1 aromatic carbocycles. The predicted molar refractivity (Wildman–Crippen MR) is 105 cm³/mol. The lowest BCUT2D eigenvalue weighted by Crippen LogP contribution is -2.31. The maximum absolute atomic E-state index is 5.94. The Morgan fingerprint density at radius 2 is 2.07 bits per heavy atom. The number of benzene rings is 1. The van der Waals surface area contributed by atoms with Crippen LogP contribution in [0.3, 0.4) is 0 Å². The number of aromatic nitrogens is 5. The summed E-state index contributed by atoms with van der Waals surface area (Å²) < 4.78 is 13.4. The quantitative estimate of drug-likeness (QED) is 0.686. The maximum Gasteiger partial charge on any atom is 0.218 e. The Morgan fingerprint density at radius 3 is 2.86 bits per heavy atom. The Hall–Kier alpha value is -2.74. The second kappa shape index (κ2) is 7.35. The van der Waals surface area contributed by atoms with Gasteiger partial charge in [-0.2, -0.15) is 0 Å². The van der Waals surface area contributed by atoms with E-state index in [9.17, 15) is 0 Å². The molecule has 0 radical (unpaired) electrons. The van der Waals surface area contributed by atoms with Crippen molar-refractivity contribution in [3.63, 3.8) is 0 Å². The minimum absolute atomic E-state index is 0.160. The molecule has 1 aliphatic rings. The van der Waals surface area contributed by atoms with E-state index in [-0.39, 0.29) is 5.54 Å². The van der Waals surface area contributed by atoms with Gasteiger partial charge in [-0.1, -0.05) is 0 Å². The highest BCUT2D eigenvalue weighted by atomic mass is 16.5. The molecule has 0 saturated carbocycles. The van der Waals surface area contributed by atoms with Gasteiger partial charge in [0, 0.05) is 24.0 Å². The van der Waals surface area contributed by atoms with Gasteiger partial charge in [0.05, 0.1) is 24.2 Å². The van der Waals surface area contributed by atoms with Crippen molar-refractivity contribution in [1.82, 2.24) is 30.1 Å². The van der Waals surface area contributed by atoms with Crippen molar-refractivity contribution in [2.45, 2.75) is 46.3 Å². The Kier molecular flexibility index (Phi) is 4.89. The van der Waals surface area contributed by atoms with E-state index in [1.54, 1.807) is 0 Å². The van der Waals surface area contributed by atoms with Crippen LogP contribution >= 0.6 is 0 Å². The Labute approximate surface area is 164 Å². The lowest BCUT2D eigenvalue weighted by Gasteiger charge is -2.23. The van der Waals surface area contributed by atoms with Crippen molar-refractivity contribution >= 4 is 10.9 Å². The monoisotopic (exact) mass is 382 g/mol. The predicted octanol–water partition coefficient (Wildman–Crippen LogP) is 2.77. The SMILES string of the molecule is CCOc1ccc2nc3c(cc2c1)CN(Cc1nnnn1C(C)(C)C)CCO3. The molecule has 0 fully saturated rings. The van der Waals surface area contributed by atoms with Crippen LogP contribution in [0, 0.1) is 0 Å². The number of hydrogen-bond donors (Lipinski definition) is 0. The molecule has 0 amide bonds. The number of pyridine rings is 1. The molecule has 4 rings (SSSR count). The van der Waals surface area contributed by atoms with Gasteiger partial charge in [0.15, 0.2) is 5.82 Å². The summed E-state index contributed by atoms with van der Waals surface area (Å²) in [5.41, 5.74) is 1.81. The van der Waals surface area contributed by atoms with Crippen molar-refractivity contribution < 1.29 is 9.47 Å². The van der Waals surface area contributed by atoms with E-state index in [2.05, 4.69) is 47.3 Å². The first-order chi connectivity index (χ1) is 13.4. The van der Waals surface area contributed by atoms with E-state index in [4.69, 9.17) is 14.5 Å². The molecule has 0 saturated heterocycles. The average Bonchev–Trinajstić information content (AvgIpc) is 3.02. The molecule has 0 spiro atoms. The molecule has 8 heteroatoms. The fourth-order valence-corrected chi connectivity index (χ4v) is 3.43. The molecule has 2 aromatic heterocycles. The molecular formula is C20H26N6O2. The molecule has 0 bridgehead atoms. The van der Waals surface area contributed by atoms with E-state index >= 15 is 0 Å². The summed E-state index contributed by atoms with van der Waals surface area (Å²) in [6, 6.07) is 8.09. The van der Waals surface area contributed by atoms with E-state index in [1.807, 2.05) is 29.8 Å². The molecule has 148 valence electrons. The van der Waals surface area contributed by atoms with Crippen LogP contribution in [0.15, 0.2) is 24.3 Å². The second-order valence-electron chi connectivity index (χ2n) is 7.98. The summed E-state index contributed by atoms with van der Waals surface area (Å²) in [6.07, 6.45) is 0. The molecule has 28 heavy (non-hydrogen) atoms. The molecule has 3 heterocycles. The summed E-state index contributed by atoms with van der Waals surface area (Å²) in [5.74, 6) is 2.41. The van der Waals surface area contributed by atoms with Crippen molar-refractivity contribution in [2.75, 3.05) is 19.8 Å². The highest BCUT2D eigenvalue weighted by Crippen LogP contribution is 2.28. The van der Waals surface area contributed by atoms with Gasteiger partial charge in [-0.05, 0) is 62.4 Å². The molecular weight excluding hydrogens is 356 g/mol. The van der Waals surface area contributed by atoms with E-state index < -0.39 is 0 Å². The van der Waals surface area contributed by atoms with Gasteiger partial charge in [-0.3, -0.25) is 4.90 Å². The van der Waals surface area contributed by atoms with Crippen LogP contribution in [0.4, 0.5) is 0 Å². The first-order valence-corrected chi connectivity index (χ1v) is 9.63. The van der Waals surface area contributed by atoms with Gasteiger partial charge in [0.25, 0.3) is 0 Å². The summed E-state index contributed by atoms with van der Waals surface area (Å²) in [5, 5.41) is 13.3. The molecule has 0 unspecified atom stereocenters. The first-order valence-electron chi connectivity index (χ1n) is 9.63. The first kappa shape index (κ1) is 18.6. The lowest BCUT2D eigenvalue weighted by molar-refractivity contribution is 0.204. The molecule has 1 aliphatic heterocycles. The number of rotatable bonds is 4. The smallest absolute Gasteiger partial charge is 0.218 e. The molecule has 0 aliphatic carbocycles.